The van der Waals surface area contributed by atoms with Gasteiger partial charge in [-0.3, -0.25) is 19.1 Å². The van der Waals surface area contributed by atoms with Crippen LogP contribution in [0.2, 0.25) is 0 Å². The molecule has 172 valence electrons. The fourth-order valence-electron chi connectivity index (χ4n) is 3.03. The number of aliphatic hydroxyl groups is 2. The molecule has 1 saturated heterocycles. The highest BCUT2D eigenvalue weighted by atomic mass is 16.6. The summed E-state index contributed by atoms with van der Waals surface area (Å²) in [5.74, 6) is -2.46. The summed E-state index contributed by atoms with van der Waals surface area (Å²) < 4.78 is 6.14. The smallest absolute Gasteiger partial charge is 0.330 e. The normalized spacial score (nSPS) is 24.9. The second-order valence-electron chi connectivity index (χ2n) is 6.85. The summed E-state index contributed by atoms with van der Waals surface area (Å²) in [6, 6.07) is -2.72. The molecule has 0 radical (unpaired) electrons. The number of H-pyrrole nitrogens is 1. The van der Waals surface area contributed by atoms with Crippen molar-refractivity contribution in [3.63, 3.8) is 0 Å². The van der Waals surface area contributed by atoms with Crippen molar-refractivity contribution in [2.75, 3.05) is 6.54 Å². The number of aromatic nitrogens is 2. The first-order valence-corrected chi connectivity index (χ1v) is 9.18. The second-order valence-corrected chi connectivity index (χ2v) is 6.85. The highest BCUT2D eigenvalue weighted by molar-refractivity contribution is 5.87. The molecule has 10 N–H and O–H groups in total. The number of primary amides is 1. The molecule has 0 aromatic carbocycles. The van der Waals surface area contributed by atoms with Gasteiger partial charge in [-0.1, -0.05) is 0 Å². The number of urea groups is 1. The molecule has 2 heterocycles. The molecule has 15 heteroatoms. The first kappa shape index (κ1) is 24.0. The largest absolute Gasteiger partial charge is 0.480 e. The minimum atomic E-state index is -1.81. The lowest BCUT2D eigenvalue weighted by Gasteiger charge is -2.24. The Morgan fingerprint density at radius 1 is 1.26 bits per heavy atom. The number of amides is 3. The number of aliphatic hydroxyl groups excluding tert-OH is 2. The molecule has 1 aliphatic rings. The molecule has 1 aliphatic heterocycles. The van der Waals surface area contributed by atoms with Gasteiger partial charge in [-0.15, -0.1) is 0 Å². The van der Waals surface area contributed by atoms with E-state index in [2.05, 4.69) is 10.6 Å². The van der Waals surface area contributed by atoms with Gasteiger partial charge in [0.15, 0.2) is 12.3 Å². The summed E-state index contributed by atoms with van der Waals surface area (Å²) in [7, 11) is 0. The van der Waals surface area contributed by atoms with Crippen molar-refractivity contribution < 1.29 is 34.4 Å². The van der Waals surface area contributed by atoms with Gasteiger partial charge in [-0.25, -0.2) is 14.4 Å². The van der Waals surface area contributed by atoms with E-state index in [4.69, 9.17) is 16.2 Å². The number of aromatic amines is 1. The lowest BCUT2D eigenvalue weighted by molar-refractivity contribution is -0.149. The van der Waals surface area contributed by atoms with Crippen LogP contribution in [-0.4, -0.2) is 79.7 Å². The van der Waals surface area contributed by atoms with Crippen LogP contribution in [-0.2, 0) is 14.3 Å². The summed E-state index contributed by atoms with van der Waals surface area (Å²) in [5, 5.41) is 34.4. The zero-order valence-corrected chi connectivity index (χ0v) is 16.1. The fourth-order valence-corrected chi connectivity index (χ4v) is 3.03. The number of hydrogen-bond donors (Lipinski definition) is 8. The zero-order chi connectivity index (χ0) is 23.3. The summed E-state index contributed by atoms with van der Waals surface area (Å²) in [4.78, 5) is 59.6. The SMILES string of the molecule is NC(=O)NCCC[C@H](N)C(=O)N[C@H](C(=O)O)C1O[C@@H](n2ccc(=O)[nH]c2=O)[C@H](O)[C@@H]1O. The molecule has 1 aromatic heterocycles. The van der Waals surface area contributed by atoms with Crippen LogP contribution in [0.1, 0.15) is 19.1 Å². The molecular formula is C16H24N6O9. The van der Waals surface area contributed by atoms with Crippen molar-refractivity contribution in [2.45, 2.75) is 49.5 Å². The minimum absolute atomic E-state index is 0.0878. The molecule has 0 bridgehead atoms. The van der Waals surface area contributed by atoms with E-state index in [9.17, 15) is 39.3 Å². The molecule has 31 heavy (non-hydrogen) atoms. The molecule has 0 saturated carbocycles. The number of carboxylic acid groups (broad SMARTS) is 1. The maximum atomic E-state index is 12.3. The second kappa shape index (κ2) is 10.2. The van der Waals surface area contributed by atoms with Crippen molar-refractivity contribution in [1.82, 2.24) is 20.2 Å². The van der Waals surface area contributed by atoms with E-state index >= 15 is 0 Å². The molecule has 1 fully saturated rings. The standard InChI is InChI=1S/C16H24N6O9/c17-6(2-1-4-19-15(18)29)12(26)21-8(14(27)28)11-9(24)10(25)13(31-11)22-5-3-7(23)20-16(22)30/h3,5-6,8-11,13,24-25H,1-2,4,17H2,(H,21,26)(H,27,28)(H3,18,19,29)(H,20,23,30)/t6-,8-,9-,10+,11?,13+/m0/s1. The molecule has 0 spiro atoms. The third-order valence-corrected chi connectivity index (χ3v) is 4.62. The van der Waals surface area contributed by atoms with Gasteiger partial charge in [0.1, 0.15) is 18.3 Å². The van der Waals surface area contributed by atoms with E-state index in [0.717, 1.165) is 16.8 Å². The van der Waals surface area contributed by atoms with Crippen LogP contribution in [0.15, 0.2) is 21.9 Å². The number of ether oxygens (including phenoxy) is 1. The summed E-state index contributed by atoms with van der Waals surface area (Å²) in [6.07, 6.45) is -5.30. The first-order valence-electron chi connectivity index (χ1n) is 9.18. The van der Waals surface area contributed by atoms with Crippen molar-refractivity contribution >= 4 is 17.9 Å². The monoisotopic (exact) mass is 444 g/mol. The average Bonchev–Trinajstić information content (AvgIpc) is 2.97. The van der Waals surface area contributed by atoms with E-state index in [1.165, 1.54) is 0 Å². The Balaban J connectivity index is 2.09. The van der Waals surface area contributed by atoms with Crippen LogP contribution in [0.25, 0.3) is 0 Å². The van der Waals surface area contributed by atoms with E-state index in [0.29, 0.717) is 0 Å². The number of nitrogens with two attached hydrogens (primary N) is 2. The number of aliphatic carboxylic acids is 1. The van der Waals surface area contributed by atoms with Gasteiger partial charge in [-0.2, -0.15) is 0 Å². The number of nitrogens with zero attached hydrogens (tertiary/aromatic N) is 1. The number of hydrogen-bond acceptors (Lipinski definition) is 9. The maximum Gasteiger partial charge on any atom is 0.330 e. The van der Waals surface area contributed by atoms with Crippen LogP contribution in [0.5, 0.6) is 0 Å². The van der Waals surface area contributed by atoms with E-state index in [1.807, 2.05) is 4.98 Å². The van der Waals surface area contributed by atoms with Gasteiger partial charge in [0.25, 0.3) is 5.56 Å². The third kappa shape index (κ3) is 5.88. The molecule has 6 atom stereocenters. The van der Waals surface area contributed by atoms with Gasteiger partial charge in [0.05, 0.1) is 6.04 Å². The molecule has 1 unspecified atom stereocenters. The van der Waals surface area contributed by atoms with Crippen LogP contribution >= 0.6 is 0 Å². The van der Waals surface area contributed by atoms with E-state index in [1.54, 1.807) is 0 Å². The highest BCUT2D eigenvalue weighted by Gasteiger charge is 2.50. The molecule has 15 nitrogen and oxygen atoms in total. The highest BCUT2D eigenvalue weighted by Crippen LogP contribution is 2.30. The molecule has 0 aliphatic carbocycles. The minimum Gasteiger partial charge on any atom is -0.480 e. The van der Waals surface area contributed by atoms with Crippen LogP contribution in [0.4, 0.5) is 4.79 Å². The van der Waals surface area contributed by atoms with Crippen LogP contribution in [0.3, 0.4) is 0 Å². The Morgan fingerprint density at radius 2 is 1.94 bits per heavy atom. The third-order valence-electron chi connectivity index (χ3n) is 4.62. The van der Waals surface area contributed by atoms with Crippen molar-refractivity contribution in [2.24, 2.45) is 11.5 Å². The van der Waals surface area contributed by atoms with Gasteiger partial charge in [-0.05, 0) is 12.8 Å². The first-order chi connectivity index (χ1) is 14.5. The number of rotatable bonds is 9. The van der Waals surface area contributed by atoms with Gasteiger partial charge in [0.2, 0.25) is 5.91 Å². The van der Waals surface area contributed by atoms with Crippen molar-refractivity contribution in [1.29, 1.82) is 0 Å². The lowest BCUT2D eigenvalue weighted by atomic mass is 10.0. The van der Waals surface area contributed by atoms with Gasteiger partial charge in [0, 0.05) is 18.8 Å². The van der Waals surface area contributed by atoms with E-state index < -0.39 is 65.8 Å². The summed E-state index contributed by atoms with van der Waals surface area (Å²) in [5.41, 5.74) is 8.97. The van der Waals surface area contributed by atoms with Crippen molar-refractivity contribution in [3.05, 3.63) is 33.1 Å². The quantitative estimate of drug-likeness (QED) is 0.169. The Kier molecular flexibility index (Phi) is 7.87. The predicted molar refractivity (Wildman–Crippen MR) is 102 cm³/mol. The number of carbonyl (C=O) groups is 3. The Labute approximate surface area is 174 Å². The predicted octanol–water partition coefficient (Wildman–Crippen LogP) is -4.50. The zero-order valence-electron chi connectivity index (χ0n) is 16.1. The van der Waals surface area contributed by atoms with Crippen LogP contribution in [0, 0.1) is 0 Å². The van der Waals surface area contributed by atoms with Gasteiger partial charge < -0.3 is 42.2 Å². The molecule has 1 aromatic rings. The summed E-state index contributed by atoms with van der Waals surface area (Å²) in [6.45, 7) is 0.158. The Morgan fingerprint density at radius 3 is 2.52 bits per heavy atom. The summed E-state index contributed by atoms with van der Waals surface area (Å²) >= 11 is 0. The van der Waals surface area contributed by atoms with Gasteiger partial charge >= 0.3 is 17.7 Å². The van der Waals surface area contributed by atoms with Crippen molar-refractivity contribution in [3.8, 4) is 0 Å². The number of nitrogens with one attached hydrogen (secondary N) is 3. The van der Waals surface area contributed by atoms with Crippen LogP contribution < -0.4 is 33.3 Å². The molecule has 2 rings (SSSR count). The average molecular weight is 444 g/mol. The Bertz CT molecular complexity index is 931. The fraction of sp³-hybridized carbons (Fsp3) is 0.562. The number of carboxylic acids is 1. The van der Waals surface area contributed by atoms with E-state index in [-0.39, 0.29) is 19.4 Å². The Hall–Kier alpha value is -3.27. The molecular weight excluding hydrogens is 420 g/mol. The lowest BCUT2D eigenvalue weighted by Crippen LogP contribution is -2.56. The topological polar surface area (TPSA) is 252 Å². The maximum absolute atomic E-state index is 12.3. The molecule has 3 amide bonds. The number of carbonyl (C=O) groups excluding carboxylic acids is 2.